The van der Waals surface area contributed by atoms with Crippen LogP contribution in [0.3, 0.4) is 0 Å². The molecular weight excluding hydrogens is 224 g/mol. The molecule has 6 heteroatoms. The van der Waals surface area contributed by atoms with Crippen LogP contribution >= 0.6 is 0 Å². The second-order valence-electron chi connectivity index (χ2n) is 4.47. The molecule has 1 rings (SSSR count). The minimum Gasteiger partial charge on any atom is -0.385 e. The Morgan fingerprint density at radius 2 is 2.47 bits per heavy atom. The molecule has 3 unspecified atom stereocenters. The molecule has 1 amide bonds. The standard InChI is InChI=1S/C11H22N2O4/c1-8-11(15,4-6-17-8)7-13-10(14)9(12)3-5-16-2/h8-9,15H,3-7,12H2,1-2H3,(H,13,14). The maximum absolute atomic E-state index is 11.6. The molecule has 1 heterocycles. The van der Waals surface area contributed by atoms with Crippen molar-refractivity contribution in [3.05, 3.63) is 0 Å². The van der Waals surface area contributed by atoms with E-state index in [-0.39, 0.29) is 18.6 Å². The van der Waals surface area contributed by atoms with E-state index >= 15 is 0 Å². The number of nitrogens with two attached hydrogens (primary N) is 1. The Balaban J connectivity index is 2.32. The molecule has 0 radical (unpaired) electrons. The number of aliphatic hydroxyl groups is 1. The van der Waals surface area contributed by atoms with Crippen LogP contribution in [0, 0.1) is 0 Å². The Morgan fingerprint density at radius 3 is 3.00 bits per heavy atom. The molecule has 0 aromatic rings. The third kappa shape index (κ3) is 3.92. The van der Waals surface area contributed by atoms with E-state index in [1.54, 1.807) is 14.0 Å². The smallest absolute Gasteiger partial charge is 0.237 e. The van der Waals surface area contributed by atoms with E-state index in [1.165, 1.54) is 0 Å². The van der Waals surface area contributed by atoms with Gasteiger partial charge in [0.1, 0.15) is 5.60 Å². The molecule has 0 bridgehead atoms. The van der Waals surface area contributed by atoms with Gasteiger partial charge in [-0.3, -0.25) is 4.79 Å². The molecule has 1 fully saturated rings. The van der Waals surface area contributed by atoms with Gasteiger partial charge in [-0.1, -0.05) is 0 Å². The summed E-state index contributed by atoms with van der Waals surface area (Å²) in [7, 11) is 1.56. The molecule has 17 heavy (non-hydrogen) atoms. The van der Waals surface area contributed by atoms with Crippen molar-refractivity contribution in [2.45, 2.75) is 37.5 Å². The van der Waals surface area contributed by atoms with Gasteiger partial charge in [0.2, 0.25) is 5.91 Å². The Kier molecular flexibility index (Phi) is 5.32. The first kappa shape index (κ1) is 14.4. The Morgan fingerprint density at radius 1 is 1.76 bits per heavy atom. The fourth-order valence-corrected chi connectivity index (χ4v) is 1.75. The monoisotopic (exact) mass is 246 g/mol. The number of ether oxygens (including phenoxy) is 2. The van der Waals surface area contributed by atoms with Gasteiger partial charge in [-0.2, -0.15) is 0 Å². The lowest BCUT2D eigenvalue weighted by molar-refractivity contribution is -0.124. The lowest BCUT2D eigenvalue weighted by Crippen LogP contribution is -2.51. The van der Waals surface area contributed by atoms with Gasteiger partial charge in [-0.25, -0.2) is 0 Å². The van der Waals surface area contributed by atoms with Crippen LogP contribution in [0.15, 0.2) is 0 Å². The average Bonchev–Trinajstić information content (AvgIpc) is 2.64. The molecule has 1 aliphatic heterocycles. The van der Waals surface area contributed by atoms with Gasteiger partial charge in [0.25, 0.3) is 0 Å². The van der Waals surface area contributed by atoms with Crippen LogP contribution in [0.1, 0.15) is 19.8 Å². The number of rotatable bonds is 6. The largest absolute Gasteiger partial charge is 0.385 e. The maximum atomic E-state index is 11.6. The number of amides is 1. The molecule has 0 aliphatic carbocycles. The summed E-state index contributed by atoms with van der Waals surface area (Å²) in [4.78, 5) is 11.6. The summed E-state index contributed by atoms with van der Waals surface area (Å²) in [5.74, 6) is -0.269. The highest BCUT2D eigenvalue weighted by atomic mass is 16.5. The van der Waals surface area contributed by atoms with Gasteiger partial charge >= 0.3 is 0 Å². The van der Waals surface area contributed by atoms with Crippen LogP contribution in [0.2, 0.25) is 0 Å². The van der Waals surface area contributed by atoms with E-state index < -0.39 is 11.6 Å². The van der Waals surface area contributed by atoms with Gasteiger partial charge in [0.05, 0.1) is 12.1 Å². The zero-order chi connectivity index (χ0) is 12.9. The maximum Gasteiger partial charge on any atom is 0.237 e. The van der Waals surface area contributed by atoms with Crippen molar-refractivity contribution < 1.29 is 19.4 Å². The van der Waals surface area contributed by atoms with Crippen LogP contribution < -0.4 is 11.1 Å². The van der Waals surface area contributed by atoms with Crippen LogP contribution in [0.25, 0.3) is 0 Å². The van der Waals surface area contributed by atoms with Crippen LogP contribution in [0.4, 0.5) is 0 Å². The minimum absolute atomic E-state index is 0.174. The van der Waals surface area contributed by atoms with Crippen molar-refractivity contribution in [2.75, 3.05) is 26.9 Å². The van der Waals surface area contributed by atoms with Crippen molar-refractivity contribution in [3.8, 4) is 0 Å². The summed E-state index contributed by atoms with van der Waals surface area (Å²) in [6, 6.07) is -0.601. The summed E-state index contributed by atoms with van der Waals surface area (Å²) < 4.78 is 10.1. The molecule has 3 atom stereocenters. The zero-order valence-corrected chi connectivity index (χ0v) is 10.4. The fourth-order valence-electron chi connectivity index (χ4n) is 1.75. The van der Waals surface area contributed by atoms with Crippen molar-refractivity contribution in [1.82, 2.24) is 5.32 Å². The summed E-state index contributed by atoms with van der Waals surface area (Å²) in [6.45, 7) is 2.93. The number of methoxy groups -OCH3 is 1. The first-order valence-electron chi connectivity index (χ1n) is 5.86. The number of hydrogen-bond acceptors (Lipinski definition) is 5. The normalized spacial score (nSPS) is 30.2. The van der Waals surface area contributed by atoms with Crippen molar-refractivity contribution in [1.29, 1.82) is 0 Å². The van der Waals surface area contributed by atoms with Crippen LogP contribution in [-0.2, 0) is 14.3 Å². The molecule has 4 N–H and O–H groups in total. The van der Waals surface area contributed by atoms with E-state index in [4.69, 9.17) is 15.2 Å². The second-order valence-corrected chi connectivity index (χ2v) is 4.47. The third-order valence-corrected chi connectivity index (χ3v) is 3.20. The predicted octanol–water partition coefficient (Wildman–Crippen LogP) is -0.994. The minimum atomic E-state index is -0.976. The molecule has 0 aromatic carbocycles. The lowest BCUT2D eigenvalue weighted by Gasteiger charge is -2.26. The predicted molar refractivity (Wildman–Crippen MR) is 62.5 cm³/mol. The summed E-state index contributed by atoms with van der Waals surface area (Å²) in [5.41, 5.74) is 4.69. The molecule has 0 spiro atoms. The number of carbonyl (C=O) groups excluding carboxylic acids is 1. The van der Waals surface area contributed by atoms with Gasteiger partial charge in [-0.05, 0) is 13.3 Å². The van der Waals surface area contributed by atoms with Crippen molar-refractivity contribution in [2.24, 2.45) is 5.73 Å². The molecule has 100 valence electrons. The highest BCUT2D eigenvalue weighted by Crippen LogP contribution is 2.24. The van der Waals surface area contributed by atoms with Crippen molar-refractivity contribution in [3.63, 3.8) is 0 Å². The van der Waals surface area contributed by atoms with E-state index in [2.05, 4.69) is 5.32 Å². The van der Waals surface area contributed by atoms with E-state index in [0.29, 0.717) is 26.1 Å². The van der Waals surface area contributed by atoms with Gasteiger partial charge in [0.15, 0.2) is 0 Å². The quantitative estimate of drug-likeness (QED) is 0.559. The van der Waals surface area contributed by atoms with E-state index in [0.717, 1.165) is 0 Å². The Hall–Kier alpha value is -0.690. The van der Waals surface area contributed by atoms with E-state index in [1.807, 2.05) is 0 Å². The molecule has 0 saturated carbocycles. The summed E-state index contributed by atoms with van der Waals surface area (Å²) >= 11 is 0. The Labute approximate surface area is 101 Å². The number of hydrogen-bond donors (Lipinski definition) is 3. The fraction of sp³-hybridized carbons (Fsp3) is 0.909. The Bertz CT molecular complexity index is 262. The van der Waals surface area contributed by atoms with Gasteiger partial charge < -0.3 is 25.6 Å². The highest BCUT2D eigenvalue weighted by Gasteiger charge is 2.39. The van der Waals surface area contributed by atoms with Crippen LogP contribution in [0.5, 0.6) is 0 Å². The summed E-state index contributed by atoms with van der Waals surface area (Å²) in [5, 5.41) is 12.8. The zero-order valence-electron chi connectivity index (χ0n) is 10.4. The molecule has 0 aromatic heterocycles. The second kappa shape index (κ2) is 6.30. The number of nitrogens with one attached hydrogen (secondary N) is 1. The highest BCUT2D eigenvalue weighted by molar-refractivity contribution is 5.81. The average molecular weight is 246 g/mol. The molecular formula is C11H22N2O4. The van der Waals surface area contributed by atoms with Crippen molar-refractivity contribution >= 4 is 5.91 Å². The SMILES string of the molecule is COCCC(N)C(=O)NCC1(O)CCOC1C. The number of carbonyl (C=O) groups is 1. The molecule has 1 saturated heterocycles. The van der Waals surface area contributed by atoms with E-state index in [9.17, 15) is 9.90 Å². The molecule has 1 aliphatic rings. The third-order valence-electron chi connectivity index (χ3n) is 3.20. The van der Waals surface area contributed by atoms with Crippen LogP contribution in [-0.4, -0.2) is 55.6 Å². The topological polar surface area (TPSA) is 93.8 Å². The summed E-state index contributed by atoms with van der Waals surface area (Å²) in [6.07, 6.45) is 0.729. The first-order chi connectivity index (χ1) is 7.99. The van der Waals surface area contributed by atoms with Gasteiger partial charge in [0, 0.05) is 33.3 Å². The molecule has 6 nitrogen and oxygen atoms in total. The first-order valence-corrected chi connectivity index (χ1v) is 5.86. The lowest BCUT2D eigenvalue weighted by atomic mass is 9.96. The van der Waals surface area contributed by atoms with Gasteiger partial charge in [-0.15, -0.1) is 0 Å².